The van der Waals surface area contributed by atoms with Crippen LogP contribution in [0, 0.1) is 21.7 Å². The van der Waals surface area contributed by atoms with Gasteiger partial charge in [0.25, 0.3) is 5.09 Å². The van der Waals surface area contributed by atoms with E-state index in [2.05, 4.69) is 10.1 Å². The molecule has 0 aliphatic heterocycles. The van der Waals surface area contributed by atoms with Gasteiger partial charge in [0, 0.05) is 11.1 Å². The Morgan fingerprint density at radius 2 is 1.88 bits per heavy atom. The highest BCUT2D eigenvalue weighted by Crippen LogP contribution is 2.28. The van der Waals surface area contributed by atoms with Crippen molar-refractivity contribution in [1.29, 1.82) is 0 Å². The number of allylic oxidation sites excluding steroid dienone is 1. The second-order valence-corrected chi connectivity index (χ2v) is 7.44. The van der Waals surface area contributed by atoms with E-state index < -0.39 is 16.7 Å². The molecule has 1 heterocycles. The Labute approximate surface area is 203 Å². The van der Waals surface area contributed by atoms with Crippen LogP contribution in [0.4, 0.5) is 8.78 Å². The highest BCUT2D eigenvalue weighted by molar-refractivity contribution is 6.35. The van der Waals surface area contributed by atoms with Crippen molar-refractivity contribution in [3.05, 3.63) is 86.4 Å². The average Bonchev–Trinajstić information content (AvgIpc) is 3.29. The molecule has 2 aromatic carbocycles. The minimum atomic E-state index is -1.50. The van der Waals surface area contributed by atoms with Crippen LogP contribution < -0.4 is 4.74 Å². The summed E-state index contributed by atoms with van der Waals surface area (Å²) < 4.78 is 40.6. The zero-order valence-electron chi connectivity index (χ0n) is 17.8. The van der Waals surface area contributed by atoms with Crippen LogP contribution in [0.1, 0.15) is 25.3 Å². The summed E-state index contributed by atoms with van der Waals surface area (Å²) in [5.41, 5.74) is 0.677. The molecule has 3 aromatic rings. The summed E-state index contributed by atoms with van der Waals surface area (Å²) in [4.78, 5) is 12.3. The fourth-order valence-electron chi connectivity index (χ4n) is 2.69. The molecule has 0 fully saturated rings. The highest BCUT2D eigenvalue weighted by atomic mass is 35.5. The molecule has 13 heteroatoms. The SMILES string of the molecule is C/C(=C(/OCCCCOc1ccc(Cl)cc1Cl)c1ccc(F)cc1F)n1cncn1.O=[N+]([O-])O. The Balaban J connectivity index is 0.000000945. The van der Waals surface area contributed by atoms with Gasteiger partial charge in [-0.25, -0.2) is 18.4 Å². The first-order valence-corrected chi connectivity index (χ1v) is 10.5. The maximum Gasteiger partial charge on any atom is 0.291 e. The largest absolute Gasteiger partial charge is 0.492 e. The molecular formula is C21H20Cl2F2N4O5. The topological polar surface area (TPSA) is 113 Å². The van der Waals surface area contributed by atoms with Crippen LogP contribution >= 0.6 is 23.2 Å². The molecule has 0 radical (unpaired) electrons. The molecule has 0 unspecified atom stereocenters. The van der Waals surface area contributed by atoms with Crippen LogP contribution in [0.3, 0.4) is 0 Å². The van der Waals surface area contributed by atoms with Crippen molar-refractivity contribution in [3.8, 4) is 5.75 Å². The summed E-state index contributed by atoms with van der Waals surface area (Å²) in [6.07, 6.45) is 4.16. The first-order chi connectivity index (χ1) is 16.2. The van der Waals surface area contributed by atoms with Gasteiger partial charge >= 0.3 is 0 Å². The number of ether oxygens (including phenoxy) is 2. The molecule has 0 bridgehead atoms. The van der Waals surface area contributed by atoms with E-state index >= 15 is 0 Å². The third kappa shape index (κ3) is 8.49. The van der Waals surface area contributed by atoms with Crippen LogP contribution in [0.2, 0.25) is 10.0 Å². The molecule has 182 valence electrons. The predicted octanol–water partition coefficient (Wildman–Crippen LogP) is 5.74. The lowest BCUT2D eigenvalue weighted by Crippen LogP contribution is -2.06. The second-order valence-electron chi connectivity index (χ2n) is 6.60. The van der Waals surface area contributed by atoms with Crippen LogP contribution in [0.25, 0.3) is 11.5 Å². The van der Waals surface area contributed by atoms with Crippen LogP contribution in [0.5, 0.6) is 5.75 Å². The maximum atomic E-state index is 14.3. The second kappa shape index (κ2) is 13.3. The number of rotatable bonds is 9. The Hall–Kier alpha value is -3.44. The molecule has 0 saturated heterocycles. The van der Waals surface area contributed by atoms with Crippen LogP contribution in [0.15, 0.2) is 49.1 Å². The minimum absolute atomic E-state index is 0.147. The Bertz CT molecular complexity index is 1130. The fraction of sp³-hybridized carbons (Fsp3) is 0.238. The molecule has 3 rings (SSSR count). The van der Waals surface area contributed by atoms with E-state index in [4.69, 9.17) is 48.0 Å². The van der Waals surface area contributed by atoms with Gasteiger partial charge in [-0.2, -0.15) is 5.10 Å². The summed E-state index contributed by atoms with van der Waals surface area (Å²) >= 11 is 11.9. The molecule has 0 atom stereocenters. The molecule has 0 amide bonds. The molecule has 0 aliphatic rings. The third-order valence-electron chi connectivity index (χ3n) is 4.20. The van der Waals surface area contributed by atoms with E-state index in [0.717, 1.165) is 6.07 Å². The molecule has 0 spiro atoms. The number of halogens is 4. The monoisotopic (exact) mass is 516 g/mol. The molecule has 9 nitrogen and oxygen atoms in total. The zero-order chi connectivity index (χ0) is 25.1. The minimum Gasteiger partial charge on any atom is -0.492 e. The molecular weight excluding hydrogens is 497 g/mol. The van der Waals surface area contributed by atoms with Crippen LogP contribution in [-0.2, 0) is 4.74 Å². The van der Waals surface area contributed by atoms with Gasteiger partial charge in [-0.3, -0.25) is 0 Å². The summed E-state index contributed by atoms with van der Waals surface area (Å²) in [7, 11) is 0. The number of hydrogen-bond acceptors (Lipinski definition) is 6. The Morgan fingerprint density at radius 1 is 1.18 bits per heavy atom. The first kappa shape index (κ1) is 26.8. The van der Waals surface area contributed by atoms with E-state index in [-0.39, 0.29) is 11.3 Å². The van der Waals surface area contributed by atoms with Crippen molar-refractivity contribution in [1.82, 2.24) is 14.8 Å². The van der Waals surface area contributed by atoms with Crippen molar-refractivity contribution >= 4 is 34.7 Å². The molecule has 1 N–H and O–H groups in total. The van der Waals surface area contributed by atoms with Gasteiger partial charge in [-0.05, 0) is 50.1 Å². The standard InChI is InChI=1S/C21H19Cl2F2N3O2.HNO3/c1-14(28-13-26-12-27-28)21(17-6-5-16(24)11-19(17)25)30-9-3-2-8-29-20-7-4-15(22)10-18(20)23;2-1(3)4/h4-7,10-13H,2-3,8-9H2,1H3;(H,2,3,4)/b21-14-;. The predicted molar refractivity (Wildman–Crippen MR) is 121 cm³/mol. The van der Waals surface area contributed by atoms with E-state index in [1.165, 1.54) is 29.5 Å². The molecule has 1 aromatic heterocycles. The number of hydrogen-bond donors (Lipinski definition) is 1. The lowest BCUT2D eigenvalue weighted by molar-refractivity contribution is -0.742. The van der Waals surface area contributed by atoms with Crippen molar-refractivity contribution in [2.75, 3.05) is 13.2 Å². The van der Waals surface area contributed by atoms with Gasteiger partial charge in [0.15, 0.2) is 5.76 Å². The number of benzene rings is 2. The van der Waals surface area contributed by atoms with Crippen molar-refractivity contribution in [2.45, 2.75) is 19.8 Å². The maximum absolute atomic E-state index is 14.3. The lowest BCUT2D eigenvalue weighted by Gasteiger charge is -2.15. The van der Waals surface area contributed by atoms with E-state index in [1.807, 2.05) is 0 Å². The first-order valence-electron chi connectivity index (χ1n) is 9.74. The molecule has 0 saturated carbocycles. The van der Waals surface area contributed by atoms with Gasteiger partial charge in [0.2, 0.25) is 0 Å². The third-order valence-corrected chi connectivity index (χ3v) is 4.73. The normalized spacial score (nSPS) is 11.2. The summed E-state index contributed by atoms with van der Waals surface area (Å²) in [6, 6.07) is 8.36. The van der Waals surface area contributed by atoms with Gasteiger partial charge in [0.05, 0.1) is 29.5 Å². The summed E-state index contributed by atoms with van der Waals surface area (Å²) in [5, 5.41) is 18.7. The number of nitrogens with zero attached hydrogens (tertiary/aromatic N) is 4. The molecule has 34 heavy (non-hydrogen) atoms. The average molecular weight is 517 g/mol. The Morgan fingerprint density at radius 3 is 2.50 bits per heavy atom. The van der Waals surface area contributed by atoms with Gasteiger partial charge in [0.1, 0.15) is 30.0 Å². The van der Waals surface area contributed by atoms with Gasteiger partial charge in [-0.15, -0.1) is 10.1 Å². The fourth-order valence-corrected chi connectivity index (χ4v) is 3.15. The molecule has 0 aliphatic carbocycles. The van der Waals surface area contributed by atoms with Gasteiger partial charge in [-0.1, -0.05) is 23.2 Å². The zero-order valence-corrected chi connectivity index (χ0v) is 19.3. The number of unbranched alkanes of at least 4 members (excludes halogenated alkanes) is 1. The van der Waals surface area contributed by atoms with Gasteiger partial charge < -0.3 is 14.7 Å². The lowest BCUT2D eigenvalue weighted by atomic mass is 10.1. The van der Waals surface area contributed by atoms with Crippen LogP contribution in [-0.4, -0.2) is 38.3 Å². The van der Waals surface area contributed by atoms with E-state index in [0.29, 0.717) is 47.5 Å². The Kier molecular flexibility index (Phi) is 10.5. The quantitative estimate of drug-likeness (QED) is 0.167. The number of aromatic nitrogens is 3. The van der Waals surface area contributed by atoms with Crippen molar-refractivity contribution in [2.24, 2.45) is 0 Å². The summed E-state index contributed by atoms with van der Waals surface area (Å²) in [5.74, 6) is -0.560. The van der Waals surface area contributed by atoms with E-state index in [1.54, 1.807) is 25.1 Å². The van der Waals surface area contributed by atoms with Crippen molar-refractivity contribution < 1.29 is 28.5 Å². The van der Waals surface area contributed by atoms with Crippen molar-refractivity contribution in [3.63, 3.8) is 0 Å². The highest BCUT2D eigenvalue weighted by Gasteiger charge is 2.15. The van der Waals surface area contributed by atoms with E-state index in [9.17, 15) is 8.78 Å². The summed E-state index contributed by atoms with van der Waals surface area (Å²) in [6.45, 7) is 2.45. The smallest absolute Gasteiger partial charge is 0.291 e.